The molecule has 1 aliphatic rings. The van der Waals surface area contributed by atoms with Crippen LogP contribution in [0.15, 0.2) is 36.5 Å². The Morgan fingerprint density at radius 1 is 0.882 bits per heavy atom. The molecule has 0 saturated heterocycles. The van der Waals surface area contributed by atoms with Crippen molar-refractivity contribution in [3.8, 4) is 0 Å². The van der Waals surface area contributed by atoms with Gasteiger partial charge in [-0.15, -0.1) is 0 Å². The van der Waals surface area contributed by atoms with Crippen molar-refractivity contribution in [1.29, 1.82) is 0 Å². The molecule has 1 saturated carbocycles. The van der Waals surface area contributed by atoms with Gasteiger partial charge >= 0.3 is 0 Å². The third-order valence-corrected chi connectivity index (χ3v) is 3.72. The average Bonchev–Trinajstić information content (AvgIpc) is 2.67. The van der Waals surface area contributed by atoms with Crippen LogP contribution in [0.3, 0.4) is 0 Å². The second-order valence-electron chi connectivity index (χ2n) is 4.93. The summed E-state index contributed by atoms with van der Waals surface area (Å²) in [4.78, 5) is 4.38. The van der Waals surface area contributed by atoms with E-state index in [4.69, 9.17) is 0 Å². The van der Waals surface area contributed by atoms with Crippen molar-refractivity contribution in [2.75, 3.05) is 0 Å². The van der Waals surface area contributed by atoms with Crippen LogP contribution in [0.1, 0.15) is 44.1 Å². The number of rotatable bonds is 1. The van der Waals surface area contributed by atoms with Gasteiger partial charge in [0.05, 0.1) is 5.52 Å². The second kappa shape index (κ2) is 4.87. The zero-order valence-electron chi connectivity index (χ0n) is 10.2. The molecule has 2 aromatic rings. The van der Waals surface area contributed by atoms with Crippen molar-refractivity contribution < 1.29 is 0 Å². The minimum atomic E-state index is 1.10. The highest BCUT2D eigenvalue weighted by atomic mass is 14.6. The molecular weight excluding hydrogens is 206 g/mol. The van der Waals surface area contributed by atoms with Crippen LogP contribution < -0.4 is 0 Å². The third-order valence-electron chi connectivity index (χ3n) is 3.72. The summed E-state index contributed by atoms with van der Waals surface area (Å²) in [5.41, 5.74) is 2.54. The summed E-state index contributed by atoms with van der Waals surface area (Å²) in [6.45, 7) is 0. The van der Waals surface area contributed by atoms with E-state index < -0.39 is 0 Å². The fourth-order valence-corrected chi connectivity index (χ4v) is 2.74. The molecule has 0 unspecified atom stereocenters. The summed E-state index contributed by atoms with van der Waals surface area (Å²) in [7, 11) is 0. The second-order valence-corrected chi connectivity index (χ2v) is 4.93. The summed E-state index contributed by atoms with van der Waals surface area (Å²) in [6.07, 6.45) is 9.95. The molecule has 0 bridgehead atoms. The van der Waals surface area contributed by atoms with Gasteiger partial charge < -0.3 is 0 Å². The molecule has 87 valence electrons. The van der Waals surface area contributed by atoms with Gasteiger partial charge in [-0.05, 0) is 36.6 Å². The SMILES string of the molecule is c1cnc2ccc([C]3CCCCCC3)cc2c1. The van der Waals surface area contributed by atoms with E-state index in [0.29, 0.717) is 0 Å². The molecule has 1 nitrogen and oxygen atoms in total. The molecule has 1 heteroatoms. The van der Waals surface area contributed by atoms with Crippen LogP contribution in [0.25, 0.3) is 10.9 Å². The van der Waals surface area contributed by atoms with E-state index in [9.17, 15) is 0 Å². The zero-order chi connectivity index (χ0) is 11.5. The Balaban J connectivity index is 1.93. The topological polar surface area (TPSA) is 12.9 Å². The molecule has 0 spiro atoms. The van der Waals surface area contributed by atoms with Gasteiger partial charge in [-0.1, -0.05) is 37.8 Å². The smallest absolute Gasteiger partial charge is 0.0702 e. The van der Waals surface area contributed by atoms with Crippen molar-refractivity contribution in [3.63, 3.8) is 0 Å². The molecule has 3 rings (SSSR count). The fourth-order valence-electron chi connectivity index (χ4n) is 2.74. The number of aromatic nitrogens is 1. The number of hydrogen-bond donors (Lipinski definition) is 0. The van der Waals surface area contributed by atoms with Gasteiger partial charge in [0.15, 0.2) is 0 Å². The van der Waals surface area contributed by atoms with Crippen LogP contribution in [0.5, 0.6) is 0 Å². The molecular formula is C16H18N. The molecule has 1 radical (unpaired) electrons. The van der Waals surface area contributed by atoms with Gasteiger partial charge in [0.2, 0.25) is 0 Å². The Labute approximate surface area is 103 Å². The lowest BCUT2D eigenvalue weighted by Gasteiger charge is -2.14. The predicted molar refractivity (Wildman–Crippen MR) is 71.8 cm³/mol. The number of fused-ring (bicyclic) bond motifs is 1. The number of hydrogen-bond acceptors (Lipinski definition) is 1. The van der Waals surface area contributed by atoms with Gasteiger partial charge in [-0.25, -0.2) is 0 Å². The van der Waals surface area contributed by atoms with Crippen molar-refractivity contribution >= 4 is 10.9 Å². The quantitative estimate of drug-likeness (QED) is 0.649. The monoisotopic (exact) mass is 224 g/mol. The zero-order valence-corrected chi connectivity index (χ0v) is 10.2. The van der Waals surface area contributed by atoms with E-state index in [1.54, 1.807) is 5.92 Å². The van der Waals surface area contributed by atoms with Crippen LogP contribution in [0.4, 0.5) is 0 Å². The predicted octanol–water partition coefficient (Wildman–Crippen LogP) is 4.51. The maximum atomic E-state index is 4.38. The van der Waals surface area contributed by atoms with Crippen molar-refractivity contribution in [3.05, 3.63) is 48.0 Å². The lowest BCUT2D eigenvalue weighted by molar-refractivity contribution is 0.702. The molecule has 1 aliphatic carbocycles. The largest absolute Gasteiger partial charge is 0.256 e. The molecule has 1 fully saturated rings. The maximum absolute atomic E-state index is 4.38. The van der Waals surface area contributed by atoms with E-state index >= 15 is 0 Å². The summed E-state index contributed by atoms with van der Waals surface area (Å²) < 4.78 is 0. The Bertz CT molecular complexity index is 496. The fraction of sp³-hybridized carbons (Fsp3) is 0.375. The molecule has 0 aliphatic heterocycles. The van der Waals surface area contributed by atoms with E-state index in [-0.39, 0.29) is 0 Å². The van der Waals surface area contributed by atoms with Crippen LogP contribution >= 0.6 is 0 Å². The van der Waals surface area contributed by atoms with Crippen molar-refractivity contribution in [1.82, 2.24) is 4.98 Å². The van der Waals surface area contributed by atoms with Gasteiger partial charge in [0.1, 0.15) is 0 Å². The molecule has 1 heterocycles. The highest BCUT2D eigenvalue weighted by Crippen LogP contribution is 2.31. The number of nitrogens with zero attached hydrogens (tertiary/aromatic N) is 1. The number of pyridine rings is 1. The summed E-state index contributed by atoms with van der Waals surface area (Å²) >= 11 is 0. The molecule has 1 aromatic heterocycles. The van der Waals surface area contributed by atoms with Gasteiger partial charge in [0.25, 0.3) is 0 Å². The van der Waals surface area contributed by atoms with Gasteiger partial charge in [0, 0.05) is 17.5 Å². The first kappa shape index (κ1) is 10.8. The van der Waals surface area contributed by atoms with E-state index in [2.05, 4.69) is 29.2 Å². The molecule has 0 amide bonds. The van der Waals surface area contributed by atoms with E-state index in [1.807, 2.05) is 12.3 Å². The highest BCUT2D eigenvalue weighted by molar-refractivity contribution is 5.79. The van der Waals surface area contributed by atoms with Gasteiger partial charge in [-0.3, -0.25) is 4.98 Å². The maximum Gasteiger partial charge on any atom is 0.0702 e. The van der Waals surface area contributed by atoms with Crippen LogP contribution in [-0.2, 0) is 0 Å². The highest BCUT2D eigenvalue weighted by Gasteiger charge is 2.15. The van der Waals surface area contributed by atoms with Crippen molar-refractivity contribution in [2.45, 2.75) is 38.5 Å². The first-order valence-corrected chi connectivity index (χ1v) is 6.63. The number of benzene rings is 1. The van der Waals surface area contributed by atoms with Gasteiger partial charge in [-0.2, -0.15) is 0 Å². The average molecular weight is 224 g/mol. The van der Waals surface area contributed by atoms with E-state index in [1.165, 1.54) is 49.5 Å². The Morgan fingerprint density at radius 2 is 1.71 bits per heavy atom. The standard InChI is InChI=1S/C16H18N/c1-2-4-7-13(6-3-1)14-9-10-16-15(12-14)8-5-11-17-16/h5,8-12H,1-4,6-7H2. The summed E-state index contributed by atoms with van der Waals surface area (Å²) in [5, 5.41) is 1.27. The molecule has 0 atom stereocenters. The first-order valence-electron chi connectivity index (χ1n) is 6.63. The lowest BCUT2D eigenvalue weighted by atomic mass is 9.91. The van der Waals surface area contributed by atoms with Crippen LogP contribution in [-0.4, -0.2) is 4.98 Å². The van der Waals surface area contributed by atoms with Crippen molar-refractivity contribution in [2.24, 2.45) is 0 Å². The molecule has 1 aromatic carbocycles. The normalized spacial score (nSPS) is 18.1. The minimum absolute atomic E-state index is 1.10. The Morgan fingerprint density at radius 3 is 2.53 bits per heavy atom. The minimum Gasteiger partial charge on any atom is -0.256 e. The Kier molecular flexibility index (Phi) is 3.08. The summed E-state index contributed by atoms with van der Waals surface area (Å²) in [5.74, 6) is 1.65. The van der Waals surface area contributed by atoms with E-state index in [0.717, 1.165) is 5.52 Å². The molecule has 0 N–H and O–H groups in total. The molecule has 17 heavy (non-hydrogen) atoms. The lowest BCUT2D eigenvalue weighted by Crippen LogP contribution is -1.98. The Hall–Kier alpha value is -1.37. The van der Waals surface area contributed by atoms with Crippen LogP contribution in [0.2, 0.25) is 0 Å². The third kappa shape index (κ3) is 2.33. The first-order chi connectivity index (χ1) is 8.43. The summed E-state index contributed by atoms with van der Waals surface area (Å²) in [6, 6.07) is 10.9. The van der Waals surface area contributed by atoms with Crippen LogP contribution in [0, 0.1) is 5.92 Å².